The number of carbonyl (C=O) groups is 2. The molecule has 0 bridgehead atoms. The molecule has 0 aliphatic carbocycles. The minimum atomic E-state index is -0.894. The van der Waals surface area contributed by atoms with Gasteiger partial charge in [-0.25, -0.2) is 0 Å². The predicted octanol–water partition coefficient (Wildman–Crippen LogP) is 3.51. The number of amides is 2. The van der Waals surface area contributed by atoms with Crippen molar-refractivity contribution in [2.45, 2.75) is 45.2 Å². The lowest BCUT2D eigenvalue weighted by molar-refractivity contribution is -0.138. The molecule has 4 nitrogen and oxygen atoms in total. The van der Waals surface area contributed by atoms with Crippen molar-refractivity contribution < 1.29 is 9.59 Å². The second-order valence-corrected chi connectivity index (χ2v) is 6.69. The Morgan fingerprint density at radius 3 is 2.62 bits per heavy atom. The Hall–Kier alpha value is -1.07. The number of hydrogen-bond acceptors (Lipinski definition) is 2. The van der Waals surface area contributed by atoms with Gasteiger partial charge in [0.15, 0.2) is 0 Å². The smallest absolute Gasteiger partial charge is 0.253 e. The number of halogens is 2. The highest BCUT2D eigenvalue weighted by Gasteiger charge is 2.47. The molecule has 1 aromatic rings. The number of anilines is 1. The van der Waals surface area contributed by atoms with Crippen LogP contribution in [0.5, 0.6) is 0 Å². The van der Waals surface area contributed by atoms with Crippen molar-refractivity contribution in [1.29, 1.82) is 0 Å². The van der Waals surface area contributed by atoms with Crippen LogP contribution in [-0.4, -0.2) is 23.4 Å². The Kier molecular flexibility index (Phi) is 4.63. The topological polar surface area (TPSA) is 49.4 Å². The summed E-state index contributed by atoms with van der Waals surface area (Å²) in [6.07, 6.45) is 1.05. The van der Waals surface area contributed by atoms with Gasteiger partial charge in [-0.15, -0.1) is 0 Å². The van der Waals surface area contributed by atoms with Crippen LogP contribution in [0.2, 0.25) is 5.02 Å². The largest absolute Gasteiger partial charge is 0.340 e. The quantitative estimate of drug-likeness (QED) is 0.881. The van der Waals surface area contributed by atoms with Crippen LogP contribution in [0.4, 0.5) is 5.69 Å². The molecule has 21 heavy (non-hydrogen) atoms. The first-order valence-electron chi connectivity index (χ1n) is 6.94. The molecule has 6 heteroatoms. The van der Waals surface area contributed by atoms with Crippen LogP contribution in [-0.2, 0) is 9.59 Å². The third kappa shape index (κ3) is 2.81. The van der Waals surface area contributed by atoms with Crippen LogP contribution >= 0.6 is 27.5 Å². The van der Waals surface area contributed by atoms with Crippen molar-refractivity contribution in [3.63, 3.8) is 0 Å². The summed E-state index contributed by atoms with van der Waals surface area (Å²) < 4.78 is 0.814. The van der Waals surface area contributed by atoms with Gasteiger partial charge in [0.05, 0.1) is 10.7 Å². The van der Waals surface area contributed by atoms with E-state index < -0.39 is 11.6 Å². The molecular weight excluding hydrogens is 356 g/mol. The lowest BCUT2D eigenvalue weighted by Gasteiger charge is -2.44. The molecule has 0 radical (unpaired) electrons. The zero-order chi connectivity index (χ0) is 15.8. The van der Waals surface area contributed by atoms with Crippen LogP contribution in [0.15, 0.2) is 22.7 Å². The molecule has 2 atom stereocenters. The van der Waals surface area contributed by atoms with Gasteiger partial charge in [-0.05, 0) is 38.0 Å². The van der Waals surface area contributed by atoms with E-state index in [4.69, 9.17) is 11.6 Å². The number of piperazine rings is 1. The highest BCUT2D eigenvalue weighted by atomic mass is 79.9. The average molecular weight is 374 g/mol. The van der Waals surface area contributed by atoms with Crippen molar-refractivity contribution >= 4 is 45.0 Å². The molecule has 0 aromatic heterocycles. The highest BCUT2D eigenvalue weighted by Crippen LogP contribution is 2.35. The van der Waals surface area contributed by atoms with E-state index in [0.717, 1.165) is 4.47 Å². The molecule has 2 unspecified atom stereocenters. The highest BCUT2D eigenvalue weighted by molar-refractivity contribution is 9.10. The molecule has 1 aromatic carbocycles. The summed E-state index contributed by atoms with van der Waals surface area (Å²) in [5.74, 6) is -0.269. The van der Waals surface area contributed by atoms with Crippen molar-refractivity contribution in [2.24, 2.45) is 0 Å². The summed E-state index contributed by atoms with van der Waals surface area (Å²) in [7, 11) is 0. The minimum Gasteiger partial charge on any atom is -0.340 e. The van der Waals surface area contributed by atoms with Crippen LogP contribution in [0.3, 0.4) is 0 Å². The Labute approximate surface area is 138 Å². The van der Waals surface area contributed by atoms with E-state index in [-0.39, 0.29) is 11.8 Å². The molecule has 1 N–H and O–H groups in total. The summed E-state index contributed by atoms with van der Waals surface area (Å²) in [6, 6.07) is 4.76. The van der Waals surface area contributed by atoms with Gasteiger partial charge in [0.2, 0.25) is 5.91 Å². The Morgan fingerprint density at radius 1 is 1.38 bits per heavy atom. The average Bonchev–Trinajstić information content (AvgIpc) is 2.45. The van der Waals surface area contributed by atoms with Gasteiger partial charge < -0.3 is 5.32 Å². The van der Waals surface area contributed by atoms with E-state index >= 15 is 0 Å². The Bertz CT molecular complexity index is 593. The predicted molar refractivity (Wildman–Crippen MR) is 87.6 cm³/mol. The monoisotopic (exact) mass is 372 g/mol. The van der Waals surface area contributed by atoms with Gasteiger partial charge in [0.25, 0.3) is 5.91 Å². The number of rotatable bonds is 3. The fraction of sp³-hybridized carbons (Fsp3) is 0.467. The molecule has 1 saturated heterocycles. The molecular formula is C15H18BrClN2O2. The third-order valence-corrected chi connectivity index (χ3v) is 4.78. The van der Waals surface area contributed by atoms with E-state index in [1.807, 2.05) is 13.8 Å². The lowest BCUT2D eigenvalue weighted by atomic mass is 9.90. The SMILES string of the molecule is CCC1C(=O)NC(C)(CC)C(=O)N1c1cc(Br)ccc1Cl. The first kappa shape index (κ1) is 16.3. The molecule has 2 amide bonds. The standard InChI is InChI=1S/C15H18BrClN2O2/c1-4-11-13(20)18-15(3,5-2)14(21)19(11)12-8-9(16)6-7-10(12)17/h6-8,11H,4-5H2,1-3H3,(H,18,20). The van der Waals surface area contributed by atoms with Crippen LogP contribution in [0, 0.1) is 0 Å². The fourth-order valence-corrected chi connectivity index (χ4v) is 3.05. The second kappa shape index (κ2) is 5.97. The van der Waals surface area contributed by atoms with Gasteiger partial charge >= 0.3 is 0 Å². The number of benzene rings is 1. The van der Waals surface area contributed by atoms with E-state index in [1.165, 1.54) is 4.90 Å². The van der Waals surface area contributed by atoms with Gasteiger partial charge in [-0.1, -0.05) is 41.4 Å². The zero-order valence-electron chi connectivity index (χ0n) is 12.2. The van der Waals surface area contributed by atoms with E-state index in [1.54, 1.807) is 25.1 Å². The van der Waals surface area contributed by atoms with Crippen molar-refractivity contribution in [1.82, 2.24) is 5.32 Å². The number of carbonyl (C=O) groups excluding carboxylic acids is 2. The maximum Gasteiger partial charge on any atom is 0.253 e. The number of nitrogens with one attached hydrogen (secondary N) is 1. The summed E-state index contributed by atoms with van der Waals surface area (Å²) in [6.45, 7) is 5.51. The number of hydrogen-bond donors (Lipinski definition) is 1. The summed E-state index contributed by atoms with van der Waals surface area (Å²) in [5.41, 5.74) is -0.327. The van der Waals surface area contributed by atoms with Crippen LogP contribution < -0.4 is 10.2 Å². The van der Waals surface area contributed by atoms with Gasteiger partial charge in [0, 0.05) is 4.47 Å². The van der Waals surface area contributed by atoms with Crippen molar-refractivity contribution in [3.8, 4) is 0 Å². The van der Waals surface area contributed by atoms with Crippen LogP contribution in [0.25, 0.3) is 0 Å². The summed E-state index contributed by atoms with van der Waals surface area (Å²) >= 11 is 9.64. The van der Waals surface area contributed by atoms with Gasteiger partial charge in [0.1, 0.15) is 11.6 Å². The fourth-order valence-electron chi connectivity index (χ4n) is 2.49. The molecule has 2 rings (SSSR count). The minimum absolute atomic E-state index is 0.128. The first-order chi connectivity index (χ1) is 9.84. The van der Waals surface area contributed by atoms with E-state index in [9.17, 15) is 9.59 Å². The normalized spacial score (nSPS) is 26.0. The molecule has 114 valence electrons. The molecule has 1 aliphatic rings. The van der Waals surface area contributed by atoms with Crippen molar-refractivity contribution in [2.75, 3.05) is 4.90 Å². The van der Waals surface area contributed by atoms with Crippen molar-refractivity contribution in [3.05, 3.63) is 27.7 Å². The molecule has 1 fully saturated rings. The van der Waals surface area contributed by atoms with Gasteiger partial charge in [-0.2, -0.15) is 0 Å². The zero-order valence-corrected chi connectivity index (χ0v) is 14.6. The number of nitrogens with zero attached hydrogens (tertiary/aromatic N) is 1. The first-order valence-corrected chi connectivity index (χ1v) is 8.12. The summed E-state index contributed by atoms with van der Waals surface area (Å²) in [4.78, 5) is 26.8. The van der Waals surface area contributed by atoms with Gasteiger partial charge in [-0.3, -0.25) is 14.5 Å². The third-order valence-electron chi connectivity index (χ3n) is 3.97. The van der Waals surface area contributed by atoms with E-state index in [2.05, 4.69) is 21.2 Å². The van der Waals surface area contributed by atoms with E-state index in [0.29, 0.717) is 23.6 Å². The maximum atomic E-state index is 12.9. The second-order valence-electron chi connectivity index (χ2n) is 5.37. The molecule has 0 spiro atoms. The lowest BCUT2D eigenvalue weighted by Crippen LogP contribution is -2.69. The molecule has 0 saturated carbocycles. The molecule has 1 aliphatic heterocycles. The molecule has 1 heterocycles. The Balaban J connectivity index is 2.57. The summed E-state index contributed by atoms with van der Waals surface area (Å²) in [5, 5.41) is 3.30. The maximum absolute atomic E-state index is 12.9. The Morgan fingerprint density at radius 2 is 2.05 bits per heavy atom. The van der Waals surface area contributed by atoms with Crippen LogP contribution in [0.1, 0.15) is 33.6 Å².